The van der Waals surface area contributed by atoms with Crippen LogP contribution in [-0.4, -0.2) is 23.4 Å². The van der Waals surface area contributed by atoms with E-state index in [-0.39, 0.29) is 12.0 Å². The minimum atomic E-state index is -0.350. The maximum absolute atomic E-state index is 11.3. The van der Waals surface area contributed by atoms with E-state index in [0.717, 1.165) is 19.3 Å². The number of carbonyl (C=O) groups excluding carboxylic acids is 1. The van der Waals surface area contributed by atoms with Crippen molar-refractivity contribution in [3.05, 3.63) is 0 Å². The van der Waals surface area contributed by atoms with Crippen LogP contribution in [-0.2, 0) is 9.53 Å². The van der Waals surface area contributed by atoms with Crippen LogP contribution in [0.3, 0.4) is 0 Å². The summed E-state index contributed by atoms with van der Waals surface area (Å²) in [5, 5.41) is 2.83. The highest BCUT2D eigenvalue weighted by molar-refractivity contribution is 8.11. The maximum Gasteiger partial charge on any atom is 0.328 e. The van der Waals surface area contributed by atoms with Crippen molar-refractivity contribution in [1.29, 1.82) is 0 Å². The number of thiol groups is 1. The third-order valence-corrected chi connectivity index (χ3v) is 2.38. The monoisotopic (exact) mass is 249 g/mol. The molecule has 0 aliphatic carbocycles. The lowest BCUT2D eigenvalue weighted by molar-refractivity contribution is -0.142. The summed E-state index contributed by atoms with van der Waals surface area (Å²) in [6, 6.07) is -0.350. The zero-order valence-corrected chi connectivity index (χ0v) is 11.0. The molecule has 0 rings (SSSR count). The molecule has 15 heavy (non-hydrogen) atoms. The molecule has 1 unspecified atom stereocenters. The fourth-order valence-electron chi connectivity index (χ4n) is 1.32. The highest BCUT2D eigenvalue weighted by Crippen LogP contribution is 2.07. The number of nitrogens with one attached hydrogen (secondary N) is 1. The predicted octanol–water partition coefficient (Wildman–Crippen LogP) is 2.30. The third kappa shape index (κ3) is 7.62. The Morgan fingerprint density at radius 2 is 2.13 bits per heavy atom. The molecule has 5 heteroatoms. The Hall–Kier alpha value is -0.290. The van der Waals surface area contributed by atoms with Gasteiger partial charge in [-0.1, -0.05) is 44.8 Å². The molecule has 0 amide bonds. The number of methoxy groups -OCH3 is 1. The van der Waals surface area contributed by atoms with E-state index in [9.17, 15) is 4.79 Å². The number of thiocarbonyl (C=S) groups is 1. The van der Waals surface area contributed by atoms with Gasteiger partial charge in [0.05, 0.1) is 7.11 Å². The van der Waals surface area contributed by atoms with Crippen LogP contribution in [0.25, 0.3) is 0 Å². The number of esters is 1. The first kappa shape index (κ1) is 14.7. The first-order chi connectivity index (χ1) is 7.11. The number of hydrogen-bond donors (Lipinski definition) is 2. The minimum absolute atomic E-state index is 0.275. The van der Waals surface area contributed by atoms with Gasteiger partial charge in [-0.3, -0.25) is 0 Å². The van der Waals surface area contributed by atoms with Gasteiger partial charge < -0.3 is 10.1 Å². The zero-order valence-electron chi connectivity index (χ0n) is 9.28. The molecule has 0 radical (unpaired) electrons. The van der Waals surface area contributed by atoms with Crippen LogP contribution in [0, 0.1) is 0 Å². The van der Waals surface area contributed by atoms with Crippen molar-refractivity contribution in [2.45, 2.75) is 45.1 Å². The van der Waals surface area contributed by atoms with Gasteiger partial charge in [0.25, 0.3) is 0 Å². The summed E-state index contributed by atoms with van der Waals surface area (Å²) in [4.78, 5) is 11.3. The lowest BCUT2D eigenvalue weighted by Gasteiger charge is -2.15. The third-order valence-electron chi connectivity index (χ3n) is 2.13. The first-order valence-electron chi connectivity index (χ1n) is 5.19. The van der Waals surface area contributed by atoms with Crippen molar-refractivity contribution in [2.24, 2.45) is 0 Å². The summed E-state index contributed by atoms with van der Waals surface area (Å²) in [5.41, 5.74) is 0. The molecule has 0 fully saturated rings. The Labute approximate surface area is 102 Å². The Bertz CT molecular complexity index is 210. The second-order valence-electron chi connectivity index (χ2n) is 3.37. The van der Waals surface area contributed by atoms with E-state index in [2.05, 4.69) is 29.6 Å². The van der Waals surface area contributed by atoms with Crippen LogP contribution in [0.5, 0.6) is 0 Å². The summed E-state index contributed by atoms with van der Waals surface area (Å²) in [7, 11) is 1.38. The van der Waals surface area contributed by atoms with Crippen molar-refractivity contribution in [2.75, 3.05) is 7.11 Å². The molecule has 0 aliphatic rings. The molecule has 1 atom stereocenters. The SMILES string of the molecule is CCCCCCC(NC(=S)S)C(=O)OC. The molecule has 3 nitrogen and oxygen atoms in total. The lowest BCUT2D eigenvalue weighted by atomic mass is 10.1. The highest BCUT2D eigenvalue weighted by Gasteiger charge is 2.18. The summed E-state index contributed by atoms with van der Waals surface area (Å²) in [6.07, 6.45) is 5.25. The number of rotatable bonds is 7. The summed E-state index contributed by atoms with van der Waals surface area (Å²) < 4.78 is 5.01. The second kappa shape index (κ2) is 8.97. The van der Waals surface area contributed by atoms with E-state index in [1.54, 1.807) is 0 Å². The van der Waals surface area contributed by atoms with Crippen LogP contribution in [0.2, 0.25) is 0 Å². The Morgan fingerprint density at radius 1 is 1.47 bits per heavy atom. The van der Waals surface area contributed by atoms with Crippen molar-refractivity contribution < 1.29 is 9.53 Å². The van der Waals surface area contributed by atoms with E-state index in [1.165, 1.54) is 20.0 Å². The maximum atomic E-state index is 11.3. The van der Waals surface area contributed by atoms with E-state index >= 15 is 0 Å². The number of unbranched alkanes of at least 4 members (excludes halogenated alkanes) is 3. The second-order valence-corrected chi connectivity index (χ2v) is 4.53. The highest BCUT2D eigenvalue weighted by atomic mass is 32.1. The lowest BCUT2D eigenvalue weighted by Crippen LogP contribution is -2.38. The molecule has 0 saturated heterocycles. The topological polar surface area (TPSA) is 38.3 Å². The summed E-state index contributed by atoms with van der Waals surface area (Å²) in [6.45, 7) is 2.15. The predicted molar refractivity (Wildman–Crippen MR) is 69.3 cm³/mol. The largest absolute Gasteiger partial charge is 0.467 e. The molecule has 0 aromatic carbocycles. The van der Waals surface area contributed by atoms with Gasteiger partial charge in [0.2, 0.25) is 0 Å². The molecular weight excluding hydrogens is 230 g/mol. The zero-order chi connectivity index (χ0) is 11.7. The smallest absolute Gasteiger partial charge is 0.328 e. The van der Waals surface area contributed by atoms with Crippen LogP contribution in [0.4, 0.5) is 0 Å². The quantitative estimate of drug-likeness (QED) is 0.314. The van der Waals surface area contributed by atoms with Gasteiger partial charge in [-0.2, -0.15) is 0 Å². The molecule has 1 N–H and O–H groups in total. The van der Waals surface area contributed by atoms with Crippen molar-refractivity contribution in [3.63, 3.8) is 0 Å². The minimum Gasteiger partial charge on any atom is -0.467 e. The van der Waals surface area contributed by atoms with Gasteiger partial charge in [0.15, 0.2) is 0 Å². The molecule has 88 valence electrons. The molecule has 0 saturated carbocycles. The van der Waals surface area contributed by atoms with Crippen LogP contribution in [0.15, 0.2) is 0 Å². The summed E-state index contributed by atoms with van der Waals surface area (Å²) >= 11 is 8.73. The van der Waals surface area contributed by atoms with Gasteiger partial charge in [-0.05, 0) is 6.42 Å². The average Bonchev–Trinajstić information content (AvgIpc) is 2.21. The molecule has 0 aliphatic heterocycles. The van der Waals surface area contributed by atoms with Gasteiger partial charge >= 0.3 is 5.97 Å². The number of carbonyl (C=O) groups is 1. The number of hydrogen-bond acceptors (Lipinski definition) is 3. The standard InChI is InChI=1S/C10H19NO2S2/c1-3-4-5-6-7-8(9(12)13-2)11-10(14)15/h8H,3-7H2,1-2H3,(H2,11,14,15). The van der Waals surface area contributed by atoms with Crippen molar-refractivity contribution in [3.8, 4) is 0 Å². The molecule has 0 aromatic rings. The Kier molecular flexibility index (Phi) is 8.80. The van der Waals surface area contributed by atoms with Gasteiger partial charge in [-0.15, -0.1) is 12.6 Å². The fourth-order valence-corrected chi connectivity index (χ4v) is 1.61. The van der Waals surface area contributed by atoms with E-state index in [1.807, 2.05) is 0 Å². The normalized spacial score (nSPS) is 11.9. The first-order valence-corrected chi connectivity index (χ1v) is 6.04. The van der Waals surface area contributed by atoms with E-state index < -0.39 is 0 Å². The molecule has 0 bridgehead atoms. The van der Waals surface area contributed by atoms with E-state index in [4.69, 9.17) is 12.2 Å². The van der Waals surface area contributed by atoms with Crippen molar-refractivity contribution in [1.82, 2.24) is 5.32 Å². The van der Waals surface area contributed by atoms with E-state index in [0.29, 0.717) is 4.32 Å². The van der Waals surface area contributed by atoms with Crippen LogP contribution >= 0.6 is 24.8 Å². The molecule has 0 spiro atoms. The van der Waals surface area contributed by atoms with Crippen LogP contribution in [0.1, 0.15) is 39.0 Å². The summed E-state index contributed by atoms with van der Waals surface area (Å²) in [5.74, 6) is -0.275. The van der Waals surface area contributed by atoms with Crippen LogP contribution < -0.4 is 5.32 Å². The van der Waals surface area contributed by atoms with Gasteiger partial charge in [-0.25, -0.2) is 4.79 Å². The van der Waals surface area contributed by atoms with Gasteiger partial charge in [0, 0.05) is 0 Å². The molecule has 0 aromatic heterocycles. The average molecular weight is 249 g/mol. The molecular formula is C10H19NO2S2. The number of ether oxygens (including phenoxy) is 1. The van der Waals surface area contributed by atoms with Gasteiger partial charge in [0.1, 0.15) is 10.4 Å². The Morgan fingerprint density at radius 3 is 2.60 bits per heavy atom. The van der Waals surface area contributed by atoms with Crippen molar-refractivity contribution >= 4 is 35.1 Å². The molecule has 0 heterocycles. The fraction of sp³-hybridized carbons (Fsp3) is 0.800. The Balaban J connectivity index is 3.90.